The van der Waals surface area contributed by atoms with E-state index in [4.69, 9.17) is 20.0 Å². The van der Waals surface area contributed by atoms with Gasteiger partial charge in [-0.05, 0) is 23.3 Å². The third-order valence-electron chi connectivity index (χ3n) is 4.14. The molecular formula is C19H14N2O6. The Hall–Kier alpha value is -4.04. The zero-order valence-corrected chi connectivity index (χ0v) is 14.4. The summed E-state index contributed by atoms with van der Waals surface area (Å²) in [6.45, 7) is 3.26. The average Bonchev–Trinajstić information content (AvgIpc) is 2.61. The second-order valence-corrected chi connectivity index (χ2v) is 5.98. The van der Waals surface area contributed by atoms with Crippen LogP contribution in [-0.4, -0.2) is 22.2 Å². The van der Waals surface area contributed by atoms with Crippen LogP contribution in [0.25, 0.3) is 0 Å². The molecule has 27 heavy (non-hydrogen) atoms. The Bertz CT molecular complexity index is 919. The molecule has 0 bridgehead atoms. The summed E-state index contributed by atoms with van der Waals surface area (Å²) in [4.78, 5) is 23.6. The lowest BCUT2D eigenvalue weighted by Crippen LogP contribution is -2.26. The van der Waals surface area contributed by atoms with Crippen molar-refractivity contribution in [3.05, 3.63) is 58.7 Å². The Morgan fingerprint density at radius 3 is 1.52 bits per heavy atom. The van der Waals surface area contributed by atoms with E-state index in [1.165, 1.54) is 48.9 Å². The highest BCUT2D eigenvalue weighted by molar-refractivity contribution is 5.95. The van der Waals surface area contributed by atoms with Crippen LogP contribution in [0.3, 0.4) is 0 Å². The largest absolute Gasteiger partial charge is 0.478 e. The summed E-state index contributed by atoms with van der Waals surface area (Å²) >= 11 is 0. The Labute approximate surface area is 154 Å². The number of rotatable bonds is 6. The van der Waals surface area contributed by atoms with Crippen molar-refractivity contribution in [3.63, 3.8) is 0 Å². The molecule has 0 spiro atoms. The van der Waals surface area contributed by atoms with Gasteiger partial charge in [-0.25, -0.2) is 9.59 Å². The maximum Gasteiger partial charge on any atom is 0.339 e. The SMILES string of the molecule is CC(C)(c1cccc(OC#N)c1C(=O)O)c1cccc(OC#N)c1C(=O)O. The molecule has 0 saturated heterocycles. The summed E-state index contributed by atoms with van der Waals surface area (Å²) < 4.78 is 9.50. The molecule has 8 heteroatoms. The minimum Gasteiger partial charge on any atom is -0.478 e. The Morgan fingerprint density at radius 2 is 1.22 bits per heavy atom. The van der Waals surface area contributed by atoms with Gasteiger partial charge in [0.05, 0.1) is 0 Å². The quantitative estimate of drug-likeness (QED) is 0.743. The van der Waals surface area contributed by atoms with Crippen LogP contribution in [0.15, 0.2) is 36.4 Å². The molecule has 0 atom stereocenters. The molecule has 0 heterocycles. The first-order chi connectivity index (χ1) is 12.8. The van der Waals surface area contributed by atoms with Crippen LogP contribution < -0.4 is 9.47 Å². The van der Waals surface area contributed by atoms with Crippen LogP contribution in [0.1, 0.15) is 45.7 Å². The number of benzene rings is 2. The first-order valence-electron chi connectivity index (χ1n) is 7.61. The van der Waals surface area contributed by atoms with Crippen molar-refractivity contribution in [2.75, 3.05) is 0 Å². The smallest absolute Gasteiger partial charge is 0.339 e. The van der Waals surface area contributed by atoms with Gasteiger partial charge in [0.15, 0.2) is 11.5 Å². The van der Waals surface area contributed by atoms with Crippen molar-refractivity contribution in [2.24, 2.45) is 0 Å². The summed E-state index contributed by atoms with van der Waals surface area (Å²) in [5, 5.41) is 36.8. The number of nitrogens with zero attached hydrogens (tertiary/aromatic N) is 2. The van der Waals surface area contributed by atoms with E-state index in [0.717, 1.165) is 0 Å². The van der Waals surface area contributed by atoms with E-state index in [1.807, 2.05) is 0 Å². The maximum absolute atomic E-state index is 11.8. The number of hydrogen-bond donors (Lipinski definition) is 2. The summed E-state index contributed by atoms with van der Waals surface area (Å²) in [6, 6.07) is 8.70. The van der Waals surface area contributed by atoms with E-state index < -0.39 is 17.4 Å². The van der Waals surface area contributed by atoms with Gasteiger partial charge in [-0.15, -0.1) is 10.5 Å². The van der Waals surface area contributed by atoms with Crippen LogP contribution >= 0.6 is 0 Å². The summed E-state index contributed by atoms with van der Waals surface area (Å²) in [6.07, 6.45) is 2.88. The summed E-state index contributed by atoms with van der Waals surface area (Å²) in [7, 11) is 0. The lowest BCUT2D eigenvalue weighted by Gasteiger charge is -2.29. The molecule has 136 valence electrons. The van der Waals surface area contributed by atoms with E-state index in [9.17, 15) is 19.8 Å². The van der Waals surface area contributed by atoms with Crippen LogP contribution in [-0.2, 0) is 5.41 Å². The monoisotopic (exact) mass is 366 g/mol. The Balaban J connectivity index is 2.82. The predicted octanol–water partition coefficient (Wildman–Crippen LogP) is 3.13. The molecule has 0 aromatic heterocycles. The lowest BCUT2D eigenvalue weighted by molar-refractivity contribution is 0.0683. The average molecular weight is 366 g/mol. The third kappa shape index (κ3) is 3.51. The van der Waals surface area contributed by atoms with Crippen LogP contribution in [0, 0.1) is 23.0 Å². The molecule has 0 amide bonds. The van der Waals surface area contributed by atoms with Gasteiger partial charge >= 0.3 is 11.9 Å². The van der Waals surface area contributed by atoms with Crippen molar-refractivity contribution >= 4 is 11.9 Å². The molecule has 0 aliphatic heterocycles. The molecule has 0 aliphatic carbocycles. The fourth-order valence-electron chi connectivity index (χ4n) is 2.96. The number of nitriles is 2. The van der Waals surface area contributed by atoms with Crippen molar-refractivity contribution in [1.82, 2.24) is 0 Å². The number of hydrogen-bond acceptors (Lipinski definition) is 6. The van der Waals surface area contributed by atoms with Gasteiger partial charge in [-0.3, -0.25) is 0 Å². The standard InChI is InChI=1S/C19H14N2O6/c1-19(2,11-5-3-7-13(26-9-20)15(11)17(22)23)12-6-4-8-14(27-10-21)16(12)18(24)25/h3-8H,1-2H3,(H,22,23)(H,24,25). The van der Waals surface area contributed by atoms with Gasteiger partial charge in [-0.2, -0.15) is 0 Å². The highest BCUT2D eigenvalue weighted by atomic mass is 16.5. The van der Waals surface area contributed by atoms with Crippen molar-refractivity contribution in [2.45, 2.75) is 19.3 Å². The van der Waals surface area contributed by atoms with E-state index >= 15 is 0 Å². The van der Waals surface area contributed by atoms with Gasteiger partial charge in [0, 0.05) is 5.41 Å². The number of carboxylic acids is 2. The second-order valence-electron chi connectivity index (χ2n) is 5.98. The van der Waals surface area contributed by atoms with E-state index in [0.29, 0.717) is 0 Å². The third-order valence-corrected chi connectivity index (χ3v) is 4.14. The van der Waals surface area contributed by atoms with Crippen LogP contribution in [0.4, 0.5) is 0 Å². The van der Waals surface area contributed by atoms with Crippen molar-refractivity contribution in [3.8, 4) is 24.0 Å². The number of ether oxygens (including phenoxy) is 2. The zero-order valence-electron chi connectivity index (χ0n) is 14.4. The first kappa shape index (κ1) is 19.3. The zero-order chi connectivity index (χ0) is 20.2. The van der Waals surface area contributed by atoms with Gasteiger partial charge in [-0.1, -0.05) is 38.1 Å². The normalized spacial score (nSPS) is 10.4. The summed E-state index contributed by atoms with van der Waals surface area (Å²) in [5.41, 5.74) is -1.18. The molecular weight excluding hydrogens is 352 g/mol. The van der Waals surface area contributed by atoms with Crippen molar-refractivity contribution in [1.29, 1.82) is 10.5 Å². The highest BCUT2D eigenvalue weighted by Crippen LogP contribution is 2.40. The van der Waals surface area contributed by atoms with Gasteiger partial charge in [0.1, 0.15) is 11.1 Å². The molecule has 0 radical (unpaired) electrons. The first-order valence-corrected chi connectivity index (χ1v) is 7.61. The molecule has 0 saturated carbocycles. The molecule has 2 aromatic rings. The topological polar surface area (TPSA) is 141 Å². The summed E-state index contributed by atoms with van der Waals surface area (Å²) in [5.74, 6) is -2.97. The molecule has 2 N–H and O–H groups in total. The second kappa shape index (κ2) is 7.46. The minimum absolute atomic E-state index is 0.156. The Morgan fingerprint density at radius 1 is 0.852 bits per heavy atom. The van der Waals surface area contributed by atoms with Gasteiger partial charge in [0.2, 0.25) is 0 Å². The van der Waals surface area contributed by atoms with Crippen LogP contribution in [0.5, 0.6) is 11.5 Å². The predicted molar refractivity (Wildman–Crippen MR) is 91.4 cm³/mol. The molecule has 2 rings (SSSR count). The van der Waals surface area contributed by atoms with Gasteiger partial charge in [0.25, 0.3) is 12.5 Å². The fraction of sp³-hybridized carbons (Fsp3) is 0.158. The van der Waals surface area contributed by atoms with Crippen molar-refractivity contribution < 1.29 is 29.3 Å². The molecule has 0 aliphatic rings. The lowest BCUT2D eigenvalue weighted by atomic mass is 9.74. The fourth-order valence-corrected chi connectivity index (χ4v) is 2.96. The maximum atomic E-state index is 11.8. The highest BCUT2D eigenvalue weighted by Gasteiger charge is 2.35. The number of carbonyl (C=O) groups is 2. The van der Waals surface area contributed by atoms with E-state index in [1.54, 1.807) is 13.8 Å². The van der Waals surface area contributed by atoms with Crippen LogP contribution in [0.2, 0.25) is 0 Å². The molecule has 0 fully saturated rings. The molecule has 0 unspecified atom stereocenters. The van der Waals surface area contributed by atoms with Gasteiger partial charge < -0.3 is 19.7 Å². The van der Waals surface area contributed by atoms with E-state index in [-0.39, 0.29) is 33.8 Å². The van der Waals surface area contributed by atoms with E-state index in [2.05, 4.69) is 0 Å². The molecule has 2 aromatic carbocycles. The molecule has 8 nitrogen and oxygen atoms in total. The Kier molecular flexibility index (Phi) is 5.33. The minimum atomic E-state index is -1.33. The number of aromatic carboxylic acids is 2. The number of carboxylic acid groups (broad SMARTS) is 2.